The molecule has 0 aromatic rings. The van der Waals surface area contributed by atoms with Gasteiger partial charge in [-0.2, -0.15) is 0 Å². The van der Waals surface area contributed by atoms with Gasteiger partial charge in [-0.25, -0.2) is 0 Å². The predicted molar refractivity (Wildman–Crippen MR) is 124 cm³/mol. The van der Waals surface area contributed by atoms with Crippen LogP contribution in [0.15, 0.2) is 11.6 Å². The van der Waals surface area contributed by atoms with E-state index in [1.807, 2.05) is 5.57 Å². The van der Waals surface area contributed by atoms with Crippen molar-refractivity contribution >= 4 is 0 Å². The highest BCUT2D eigenvalue weighted by atomic mass is 16.3. The van der Waals surface area contributed by atoms with Gasteiger partial charge in [-0.15, -0.1) is 0 Å². The SMILES string of the molecule is CC(C)CCCC(C)C1CC=C2C3CCC4C(C)C(O)CCC4(C)C3CCC21C. The standard InChI is InChI=1S/C28H48O/c1-18(2)8-7-9-19(3)22-12-13-24-21-10-11-23-20(4)26(29)15-17-28(23,6)25(21)14-16-27(22,24)5/h13,18-23,25-26,29H,7-12,14-17H2,1-6H3. The summed E-state index contributed by atoms with van der Waals surface area (Å²) in [5.74, 6) is 5.52. The number of allylic oxidation sites excluding steroid dienone is 2. The Morgan fingerprint density at radius 1 is 1.00 bits per heavy atom. The van der Waals surface area contributed by atoms with Crippen LogP contribution < -0.4 is 0 Å². The van der Waals surface area contributed by atoms with E-state index < -0.39 is 0 Å². The Kier molecular flexibility index (Phi) is 6.04. The van der Waals surface area contributed by atoms with Crippen molar-refractivity contribution in [2.45, 2.75) is 112 Å². The molecule has 4 aliphatic rings. The molecule has 0 spiro atoms. The monoisotopic (exact) mass is 400 g/mol. The Bertz CT molecular complexity index is 620. The van der Waals surface area contributed by atoms with Gasteiger partial charge in [-0.05, 0) is 97.2 Å². The number of hydrogen-bond donors (Lipinski definition) is 1. The average molecular weight is 401 g/mol. The molecule has 4 rings (SSSR count). The van der Waals surface area contributed by atoms with Crippen molar-refractivity contribution in [3.63, 3.8) is 0 Å². The lowest BCUT2D eigenvalue weighted by molar-refractivity contribution is -0.116. The maximum absolute atomic E-state index is 10.5. The fourth-order valence-corrected chi connectivity index (χ4v) is 8.98. The summed E-state index contributed by atoms with van der Waals surface area (Å²) in [6.07, 6.45) is 16.1. The van der Waals surface area contributed by atoms with E-state index in [-0.39, 0.29) is 6.10 Å². The van der Waals surface area contributed by atoms with Crippen LogP contribution in [0, 0.1) is 52.3 Å². The minimum atomic E-state index is -0.0553. The third-order valence-corrected chi connectivity index (χ3v) is 10.8. The van der Waals surface area contributed by atoms with Crippen molar-refractivity contribution in [1.82, 2.24) is 0 Å². The fourth-order valence-electron chi connectivity index (χ4n) is 8.98. The maximum Gasteiger partial charge on any atom is 0.0568 e. The molecule has 3 saturated carbocycles. The normalized spacial score (nSPS) is 47.9. The Morgan fingerprint density at radius 3 is 2.48 bits per heavy atom. The summed E-state index contributed by atoms with van der Waals surface area (Å²) < 4.78 is 0. The number of aliphatic hydroxyl groups excluding tert-OH is 1. The van der Waals surface area contributed by atoms with Crippen molar-refractivity contribution in [3.05, 3.63) is 11.6 Å². The summed E-state index contributed by atoms with van der Waals surface area (Å²) in [6.45, 7) is 14.9. The lowest BCUT2D eigenvalue weighted by Crippen LogP contribution is -2.54. The zero-order chi connectivity index (χ0) is 21.0. The van der Waals surface area contributed by atoms with Crippen LogP contribution >= 0.6 is 0 Å². The second-order valence-electron chi connectivity index (χ2n) is 12.6. The molecule has 0 radical (unpaired) electrons. The van der Waals surface area contributed by atoms with Gasteiger partial charge in [0.05, 0.1) is 6.10 Å². The fraction of sp³-hybridized carbons (Fsp3) is 0.929. The van der Waals surface area contributed by atoms with Crippen molar-refractivity contribution in [1.29, 1.82) is 0 Å². The molecule has 0 heterocycles. The number of hydrogen-bond acceptors (Lipinski definition) is 1. The molecule has 9 unspecified atom stereocenters. The van der Waals surface area contributed by atoms with Crippen LogP contribution in [-0.2, 0) is 0 Å². The molecule has 4 aliphatic carbocycles. The van der Waals surface area contributed by atoms with Crippen LogP contribution in [0.3, 0.4) is 0 Å². The van der Waals surface area contributed by atoms with Gasteiger partial charge in [-0.1, -0.05) is 72.5 Å². The molecule has 0 aromatic carbocycles. The second-order valence-corrected chi connectivity index (χ2v) is 12.6. The van der Waals surface area contributed by atoms with E-state index in [9.17, 15) is 5.11 Å². The van der Waals surface area contributed by atoms with E-state index in [4.69, 9.17) is 0 Å². The van der Waals surface area contributed by atoms with E-state index in [2.05, 4.69) is 47.6 Å². The van der Waals surface area contributed by atoms with Crippen LogP contribution in [-0.4, -0.2) is 11.2 Å². The van der Waals surface area contributed by atoms with E-state index in [1.54, 1.807) is 0 Å². The van der Waals surface area contributed by atoms with Crippen LogP contribution in [0.1, 0.15) is 106 Å². The van der Waals surface area contributed by atoms with Crippen molar-refractivity contribution < 1.29 is 5.11 Å². The highest BCUT2D eigenvalue weighted by Gasteiger charge is 2.59. The second kappa shape index (κ2) is 7.99. The first kappa shape index (κ1) is 21.9. The number of aliphatic hydroxyl groups is 1. The molecule has 0 saturated heterocycles. The van der Waals surface area contributed by atoms with Crippen molar-refractivity contribution in [2.24, 2.45) is 52.3 Å². The molecule has 1 nitrogen and oxygen atoms in total. The average Bonchev–Trinajstić information content (AvgIpc) is 3.02. The molecular weight excluding hydrogens is 352 g/mol. The number of rotatable bonds is 5. The predicted octanol–water partition coefficient (Wildman–Crippen LogP) is 7.63. The van der Waals surface area contributed by atoms with Crippen LogP contribution in [0.4, 0.5) is 0 Å². The molecule has 0 aromatic heterocycles. The lowest BCUT2D eigenvalue weighted by atomic mass is 9.44. The quantitative estimate of drug-likeness (QED) is 0.470. The minimum absolute atomic E-state index is 0.0553. The van der Waals surface area contributed by atoms with Crippen LogP contribution in [0.25, 0.3) is 0 Å². The van der Waals surface area contributed by atoms with E-state index in [0.717, 1.165) is 41.9 Å². The third-order valence-electron chi connectivity index (χ3n) is 10.8. The highest BCUT2D eigenvalue weighted by molar-refractivity contribution is 5.30. The van der Waals surface area contributed by atoms with Gasteiger partial charge < -0.3 is 5.11 Å². The lowest BCUT2D eigenvalue weighted by Gasteiger charge is -2.61. The molecule has 29 heavy (non-hydrogen) atoms. The molecular formula is C28H48O. The zero-order valence-corrected chi connectivity index (χ0v) is 20.2. The minimum Gasteiger partial charge on any atom is -0.393 e. The maximum atomic E-state index is 10.5. The molecule has 166 valence electrons. The van der Waals surface area contributed by atoms with E-state index in [1.165, 1.54) is 57.8 Å². The Hall–Kier alpha value is -0.300. The molecule has 1 N–H and O–H groups in total. The van der Waals surface area contributed by atoms with Gasteiger partial charge in [-0.3, -0.25) is 0 Å². The van der Waals surface area contributed by atoms with Gasteiger partial charge in [0.2, 0.25) is 0 Å². The van der Waals surface area contributed by atoms with Gasteiger partial charge >= 0.3 is 0 Å². The summed E-state index contributed by atoms with van der Waals surface area (Å²) >= 11 is 0. The summed E-state index contributed by atoms with van der Waals surface area (Å²) in [6, 6.07) is 0. The highest BCUT2D eigenvalue weighted by Crippen LogP contribution is 2.67. The molecule has 1 heteroatoms. The summed E-state index contributed by atoms with van der Waals surface area (Å²) in [5.41, 5.74) is 2.82. The van der Waals surface area contributed by atoms with Gasteiger partial charge in [0.25, 0.3) is 0 Å². The van der Waals surface area contributed by atoms with Gasteiger partial charge in [0, 0.05) is 0 Å². The van der Waals surface area contributed by atoms with Crippen molar-refractivity contribution in [3.8, 4) is 0 Å². The zero-order valence-electron chi connectivity index (χ0n) is 20.2. The van der Waals surface area contributed by atoms with E-state index >= 15 is 0 Å². The third kappa shape index (κ3) is 3.56. The van der Waals surface area contributed by atoms with Crippen LogP contribution in [0.5, 0.6) is 0 Å². The summed E-state index contributed by atoms with van der Waals surface area (Å²) in [7, 11) is 0. The molecule has 0 bridgehead atoms. The summed E-state index contributed by atoms with van der Waals surface area (Å²) in [5, 5.41) is 10.5. The van der Waals surface area contributed by atoms with E-state index in [0.29, 0.717) is 16.7 Å². The number of fused-ring (bicyclic) bond motifs is 5. The van der Waals surface area contributed by atoms with Gasteiger partial charge in [0.1, 0.15) is 0 Å². The first-order chi connectivity index (χ1) is 13.7. The first-order valence-electron chi connectivity index (χ1n) is 13.1. The van der Waals surface area contributed by atoms with Gasteiger partial charge in [0.15, 0.2) is 0 Å². The smallest absolute Gasteiger partial charge is 0.0568 e. The molecule has 0 amide bonds. The molecule has 0 aliphatic heterocycles. The van der Waals surface area contributed by atoms with Crippen LogP contribution in [0.2, 0.25) is 0 Å². The van der Waals surface area contributed by atoms with Crippen molar-refractivity contribution in [2.75, 3.05) is 0 Å². The molecule has 3 fully saturated rings. The first-order valence-corrected chi connectivity index (χ1v) is 13.1. The molecule has 9 atom stereocenters. The Morgan fingerprint density at radius 2 is 1.76 bits per heavy atom. The largest absolute Gasteiger partial charge is 0.393 e. The summed E-state index contributed by atoms with van der Waals surface area (Å²) in [4.78, 5) is 0. The Labute approximate surface area is 181 Å². The Balaban J connectivity index is 1.49. The topological polar surface area (TPSA) is 20.2 Å².